The maximum Gasteiger partial charge on any atom is 0.276 e. The third kappa shape index (κ3) is 3.08. The number of ether oxygens (including phenoxy) is 1. The van der Waals surface area contributed by atoms with Gasteiger partial charge in [-0.1, -0.05) is 11.3 Å². The number of carbonyl (C=O) groups is 1. The minimum Gasteiger partial charge on any atom is -0.378 e. The molecule has 25 heavy (non-hydrogen) atoms. The number of carbonyl (C=O) groups excluding carboxylic acids is 1. The zero-order valence-corrected chi connectivity index (χ0v) is 14.9. The molecule has 4 rings (SSSR count). The zero-order chi connectivity index (χ0) is 17.4. The Bertz CT molecular complexity index is 852. The van der Waals surface area contributed by atoms with Crippen molar-refractivity contribution in [3.63, 3.8) is 0 Å². The standard InChI is InChI=1S/C14H17N5O4S2/c20-14(17-3-5-23-6-4-17)12-10-19(16-15-12)11-8-18(9-11)25(21,22)13-2-1-7-24-13/h1-2,7,10-11H,3-6,8-9H2. The number of rotatable bonds is 4. The predicted molar refractivity (Wildman–Crippen MR) is 88.9 cm³/mol. The van der Waals surface area contributed by atoms with Gasteiger partial charge in [0.05, 0.1) is 25.5 Å². The summed E-state index contributed by atoms with van der Waals surface area (Å²) in [6, 6.07) is 3.21. The normalized spacial score (nSPS) is 19.8. The first kappa shape index (κ1) is 16.6. The van der Waals surface area contributed by atoms with Crippen LogP contribution >= 0.6 is 11.3 Å². The summed E-state index contributed by atoms with van der Waals surface area (Å²) in [5, 5.41) is 9.69. The van der Waals surface area contributed by atoms with Gasteiger partial charge in [0, 0.05) is 26.2 Å². The largest absolute Gasteiger partial charge is 0.378 e. The van der Waals surface area contributed by atoms with Crippen LogP contribution < -0.4 is 0 Å². The lowest BCUT2D eigenvalue weighted by molar-refractivity contribution is 0.0299. The van der Waals surface area contributed by atoms with Gasteiger partial charge in [-0.25, -0.2) is 13.1 Å². The van der Waals surface area contributed by atoms with Gasteiger partial charge in [-0.2, -0.15) is 4.31 Å². The Labute approximate surface area is 148 Å². The molecule has 2 fully saturated rings. The second-order valence-electron chi connectivity index (χ2n) is 5.90. The van der Waals surface area contributed by atoms with Gasteiger partial charge in [0.15, 0.2) is 5.69 Å². The van der Waals surface area contributed by atoms with Gasteiger partial charge in [0.1, 0.15) is 4.21 Å². The molecular weight excluding hydrogens is 366 g/mol. The summed E-state index contributed by atoms with van der Waals surface area (Å²) in [7, 11) is -3.43. The van der Waals surface area contributed by atoms with E-state index in [1.54, 1.807) is 33.3 Å². The lowest BCUT2D eigenvalue weighted by atomic mass is 10.2. The molecule has 0 N–H and O–H groups in total. The van der Waals surface area contributed by atoms with Gasteiger partial charge in [-0.05, 0) is 11.4 Å². The van der Waals surface area contributed by atoms with E-state index in [-0.39, 0.29) is 17.6 Å². The van der Waals surface area contributed by atoms with Gasteiger partial charge < -0.3 is 9.64 Å². The third-order valence-electron chi connectivity index (χ3n) is 4.32. The van der Waals surface area contributed by atoms with Crippen LogP contribution in [0.25, 0.3) is 0 Å². The van der Waals surface area contributed by atoms with E-state index in [0.717, 1.165) is 0 Å². The van der Waals surface area contributed by atoms with Crippen LogP contribution in [0.1, 0.15) is 16.5 Å². The molecule has 0 unspecified atom stereocenters. The van der Waals surface area contributed by atoms with E-state index in [1.165, 1.54) is 15.6 Å². The van der Waals surface area contributed by atoms with Gasteiger partial charge in [-0.15, -0.1) is 16.4 Å². The number of hydrogen-bond donors (Lipinski definition) is 0. The minimum atomic E-state index is -3.43. The molecule has 9 nitrogen and oxygen atoms in total. The lowest BCUT2D eigenvalue weighted by Gasteiger charge is -2.37. The molecule has 2 aliphatic rings. The summed E-state index contributed by atoms with van der Waals surface area (Å²) in [4.78, 5) is 14.1. The molecule has 0 radical (unpaired) electrons. The highest BCUT2D eigenvalue weighted by atomic mass is 32.2. The van der Waals surface area contributed by atoms with E-state index in [9.17, 15) is 13.2 Å². The lowest BCUT2D eigenvalue weighted by Crippen LogP contribution is -2.50. The van der Waals surface area contributed by atoms with Crippen molar-refractivity contribution in [2.75, 3.05) is 39.4 Å². The van der Waals surface area contributed by atoms with Crippen molar-refractivity contribution in [3.05, 3.63) is 29.4 Å². The van der Waals surface area contributed by atoms with Crippen molar-refractivity contribution in [1.82, 2.24) is 24.2 Å². The Morgan fingerprint density at radius 1 is 1.28 bits per heavy atom. The highest BCUT2D eigenvalue weighted by molar-refractivity contribution is 7.91. The quantitative estimate of drug-likeness (QED) is 0.740. The maximum atomic E-state index is 12.4. The van der Waals surface area contributed by atoms with E-state index in [2.05, 4.69) is 10.3 Å². The van der Waals surface area contributed by atoms with Crippen molar-refractivity contribution in [3.8, 4) is 0 Å². The highest BCUT2D eigenvalue weighted by Crippen LogP contribution is 2.29. The average molecular weight is 383 g/mol. The molecule has 2 aromatic heterocycles. The summed E-state index contributed by atoms with van der Waals surface area (Å²) in [5.41, 5.74) is 0.279. The molecule has 11 heteroatoms. The van der Waals surface area contributed by atoms with Crippen LogP contribution in [0.4, 0.5) is 0 Å². The van der Waals surface area contributed by atoms with Crippen LogP contribution in [0, 0.1) is 0 Å². The van der Waals surface area contributed by atoms with Gasteiger partial charge in [0.25, 0.3) is 15.9 Å². The number of aromatic nitrogens is 3. The summed E-state index contributed by atoms with van der Waals surface area (Å²) in [5.74, 6) is -0.170. The fraction of sp³-hybridized carbons (Fsp3) is 0.500. The Hall–Kier alpha value is -1.82. The van der Waals surface area contributed by atoms with Gasteiger partial charge in [0.2, 0.25) is 0 Å². The van der Waals surface area contributed by atoms with Crippen LogP contribution in [0.15, 0.2) is 27.9 Å². The van der Waals surface area contributed by atoms with Crippen LogP contribution in [0.5, 0.6) is 0 Å². The molecule has 1 amide bonds. The van der Waals surface area contributed by atoms with E-state index in [1.807, 2.05) is 0 Å². The van der Waals surface area contributed by atoms with Crippen molar-refractivity contribution >= 4 is 27.3 Å². The molecule has 0 atom stereocenters. The number of hydrogen-bond acceptors (Lipinski definition) is 7. The third-order valence-corrected chi connectivity index (χ3v) is 7.52. The van der Waals surface area contributed by atoms with Crippen molar-refractivity contribution in [2.24, 2.45) is 0 Å². The number of nitrogens with zero attached hydrogens (tertiary/aromatic N) is 5. The second kappa shape index (κ2) is 6.48. The molecule has 0 aromatic carbocycles. The Kier molecular flexibility index (Phi) is 4.31. The second-order valence-corrected chi connectivity index (χ2v) is 9.01. The SMILES string of the molecule is O=C(c1cn(C2CN(S(=O)(=O)c3cccs3)C2)nn1)N1CCOCC1. The summed E-state index contributed by atoms with van der Waals surface area (Å²) in [6.07, 6.45) is 1.59. The Morgan fingerprint density at radius 2 is 2.04 bits per heavy atom. The van der Waals surface area contributed by atoms with Crippen molar-refractivity contribution in [1.29, 1.82) is 0 Å². The van der Waals surface area contributed by atoms with Gasteiger partial charge in [-0.3, -0.25) is 4.79 Å². The number of morpholine rings is 1. The van der Waals surface area contributed by atoms with Crippen LogP contribution in [-0.2, 0) is 14.8 Å². The first-order valence-electron chi connectivity index (χ1n) is 7.88. The molecule has 2 aromatic rings. The monoisotopic (exact) mass is 383 g/mol. The van der Waals surface area contributed by atoms with E-state index in [4.69, 9.17) is 4.74 Å². The summed E-state index contributed by atoms with van der Waals surface area (Å²) in [6.45, 7) is 2.80. The Balaban J connectivity index is 1.40. The number of amides is 1. The first-order valence-corrected chi connectivity index (χ1v) is 10.2. The molecule has 0 aliphatic carbocycles. The summed E-state index contributed by atoms with van der Waals surface area (Å²) >= 11 is 1.20. The summed E-state index contributed by atoms with van der Waals surface area (Å²) < 4.78 is 33.3. The smallest absolute Gasteiger partial charge is 0.276 e. The molecule has 0 bridgehead atoms. The molecule has 0 saturated carbocycles. The van der Waals surface area contributed by atoms with Crippen LogP contribution in [0.2, 0.25) is 0 Å². The van der Waals surface area contributed by atoms with E-state index in [0.29, 0.717) is 43.6 Å². The fourth-order valence-electron chi connectivity index (χ4n) is 2.80. The van der Waals surface area contributed by atoms with Crippen molar-refractivity contribution in [2.45, 2.75) is 10.3 Å². The van der Waals surface area contributed by atoms with E-state index >= 15 is 0 Å². The van der Waals surface area contributed by atoms with E-state index < -0.39 is 10.0 Å². The van der Waals surface area contributed by atoms with Crippen LogP contribution in [0.3, 0.4) is 0 Å². The fourth-order valence-corrected chi connectivity index (χ4v) is 5.46. The minimum absolute atomic E-state index is 0.103. The molecule has 2 aliphatic heterocycles. The molecule has 2 saturated heterocycles. The predicted octanol–water partition coefficient (Wildman–Crippen LogP) is 0.0576. The molecular formula is C14H17N5O4S2. The van der Waals surface area contributed by atoms with Gasteiger partial charge >= 0.3 is 0 Å². The average Bonchev–Trinajstić information content (AvgIpc) is 3.25. The molecule has 0 spiro atoms. The zero-order valence-electron chi connectivity index (χ0n) is 13.3. The Morgan fingerprint density at radius 3 is 2.72 bits per heavy atom. The molecule has 4 heterocycles. The van der Waals surface area contributed by atoms with Crippen molar-refractivity contribution < 1.29 is 17.9 Å². The highest BCUT2D eigenvalue weighted by Gasteiger charge is 2.39. The number of sulfonamides is 1. The topological polar surface area (TPSA) is 97.6 Å². The first-order chi connectivity index (χ1) is 12.1. The number of thiophene rings is 1. The van der Waals surface area contributed by atoms with Crippen LogP contribution in [-0.4, -0.2) is 77.9 Å². The maximum absolute atomic E-state index is 12.4. The molecule has 134 valence electrons.